The van der Waals surface area contributed by atoms with Crippen LogP contribution in [0, 0.1) is 0 Å². The van der Waals surface area contributed by atoms with Crippen molar-refractivity contribution in [2.45, 2.75) is 31.8 Å². The van der Waals surface area contributed by atoms with Crippen molar-refractivity contribution in [1.29, 1.82) is 0 Å². The van der Waals surface area contributed by atoms with E-state index in [0.717, 1.165) is 0 Å². The molecule has 0 unspecified atom stereocenters. The Morgan fingerprint density at radius 2 is 1.96 bits per heavy atom. The van der Waals surface area contributed by atoms with Gasteiger partial charge in [0, 0.05) is 12.5 Å². The maximum Gasteiger partial charge on any atom is 0.258 e. The van der Waals surface area contributed by atoms with E-state index in [1.807, 2.05) is 6.07 Å². The minimum absolute atomic E-state index is 0.1000. The zero-order valence-electron chi connectivity index (χ0n) is 14.7. The van der Waals surface area contributed by atoms with E-state index in [1.165, 1.54) is 11.8 Å². The highest BCUT2D eigenvalue weighted by Crippen LogP contribution is 2.37. The van der Waals surface area contributed by atoms with Crippen LogP contribution in [0.1, 0.15) is 19.8 Å². The number of halogens is 1. The molecule has 1 saturated heterocycles. The number of benzene rings is 1. The number of carbonyl (C=O) groups is 4. The number of ether oxygens (including phenoxy) is 1. The van der Waals surface area contributed by atoms with Crippen LogP contribution in [0.2, 0.25) is 0 Å². The molecule has 0 spiro atoms. The fourth-order valence-corrected chi connectivity index (χ4v) is 3.78. The Hall–Kier alpha value is -2.48. The lowest BCUT2D eigenvalue weighted by molar-refractivity contribution is -0.153. The first-order valence-electron chi connectivity index (χ1n) is 8.57. The summed E-state index contributed by atoms with van der Waals surface area (Å²) in [6, 6.07) is 7.88. The third kappa shape index (κ3) is 3.80. The zero-order valence-corrected chi connectivity index (χ0v) is 16.3. The van der Waals surface area contributed by atoms with E-state index in [-0.39, 0.29) is 41.1 Å². The summed E-state index contributed by atoms with van der Waals surface area (Å²) < 4.78 is 5.38. The Labute approximate surface area is 164 Å². The van der Waals surface area contributed by atoms with Gasteiger partial charge in [0.2, 0.25) is 0 Å². The van der Waals surface area contributed by atoms with Crippen LogP contribution in [-0.4, -0.2) is 52.3 Å². The topological polar surface area (TPSA) is 92.8 Å². The van der Waals surface area contributed by atoms with E-state index in [4.69, 9.17) is 4.74 Å². The fraction of sp³-hybridized carbons (Fsp3) is 0.368. The van der Waals surface area contributed by atoms with Gasteiger partial charge in [-0.3, -0.25) is 19.2 Å². The number of ketones is 2. The van der Waals surface area contributed by atoms with E-state index in [1.54, 1.807) is 24.3 Å². The lowest BCUT2D eigenvalue weighted by Gasteiger charge is -2.50. The lowest BCUT2D eigenvalue weighted by atomic mass is 9.82. The Bertz CT molecular complexity index is 821. The average Bonchev–Trinajstić information content (AvgIpc) is 2.69. The van der Waals surface area contributed by atoms with Crippen LogP contribution in [0.25, 0.3) is 0 Å². The second kappa shape index (κ2) is 8.04. The van der Waals surface area contributed by atoms with E-state index in [2.05, 4.69) is 21.2 Å². The summed E-state index contributed by atoms with van der Waals surface area (Å²) in [6.07, 6.45) is 0.918. The maximum atomic E-state index is 12.5. The second-order valence-corrected chi connectivity index (χ2v) is 6.96. The van der Waals surface area contributed by atoms with Gasteiger partial charge < -0.3 is 15.0 Å². The predicted molar refractivity (Wildman–Crippen MR) is 100 cm³/mol. The first-order valence-corrected chi connectivity index (χ1v) is 9.69. The normalized spacial score (nSPS) is 21.3. The number of para-hydroxylation sites is 1. The summed E-state index contributed by atoms with van der Waals surface area (Å²) >= 11 is 3.11. The summed E-state index contributed by atoms with van der Waals surface area (Å²) in [5.74, 6) is -0.748. The molecule has 0 radical (unpaired) electrons. The molecule has 2 heterocycles. The average molecular weight is 435 g/mol. The molecule has 142 valence electrons. The number of fused-ring (bicyclic) bond motifs is 1. The van der Waals surface area contributed by atoms with Crippen molar-refractivity contribution >= 4 is 39.3 Å². The largest absolute Gasteiger partial charge is 0.484 e. The molecule has 2 aliphatic rings. The zero-order chi connectivity index (χ0) is 19.6. The quantitative estimate of drug-likeness (QED) is 0.516. The molecule has 8 heteroatoms. The summed E-state index contributed by atoms with van der Waals surface area (Å²) in [6.45, 7) is 1.13. The number of amides is 2. The fourth-order valence-electron chi connectivity index (χ4n) is 3.45. The molecule has 27 heavy (non-hydrogen) atoms. The molecule has 0 aliphatic carbocycles. The Morgan fingerprint density at radius 1 is 1.26 bits per heavy atom. The first kappa shape index (κ1) is 19.3. The summed E-state index contributed by atoms with van der Waals surface area (Å²) in [7, 11) is 0. The van der Waals surface area contributed by atoms with Crippen LogP contribution >= 0.6 is 15.9 Å². The van der Waals surface area contributed by atoms with Crippen LogP contribution in [0.5, 0.6) is 5.75 Å². The molecule has 3 rings (SSSR count). The van der Waals surface area contributed by atoms with Crippen molar-refractivity contribution in [3.63, 3.8) is 0 Å². The first-order chi connectivity index (χ1) is 12.9. The van der Waals surface area contributed by atoms with Crippen molar-refractivity contribution in [3.8, 4) is 5.75 Å². The molecular weight excluding hydrogens is 416 g/mol. The molecule has 2 amide bonds. The number of hydrogen-bond donors (Lipinski definition) is 1. The highest BCUT2D eigenvalue weighted by atomic mass is 79.9. The number of alkyl halides is 1. The number of β-lactam (4-membered cyclic amide) rings is 1. The summed E-state index contributed by atoms with van der Waals surface area (Å²) in [4.78, 5) is 50.1. The van der Waals surface area contributed by atoms with E-state index >= 15 is 0 Å². The molecule has 2 atom stereocenters. The van der Waals surface area contributed by atoms with Gasteiger partial charge >= 0.3 is 0 Å². The van der Waals surface area contributed by atoms with Crippen molar-refractivity contribution in [2.24, 2.45) is 0 Å². The van der Waals surface area contributed by atoms with Gasteiger partial charge in [-0.25, -0.2) is 0 Å². The van der Waals surface area contributed by atoms with Crippen LogP contribution < -0.4 is 10.1 Å². The highest BCUT2D eigenvalue weighted by Gasteiger charge is 2.53. The van der Waals surface area contributed by atoms with Crippen molar-refractivity contribution in [1.82, 2.24) is 10.2 Å². The highest BCUT2D eigenvalue weighted by molar-refractivity contribution is 9.09. The van der Waals surface area contributed by atoms with Gasteiger partial charge in [-0.2, -0.15) is 0 Å². The van der Waals surface area contributed by atoms with Gasteiger partial charge in [-0.15, -0.1) is 0 Å². The number of rotatable bonds is 7. The summed E-state index contributed by atoms with van der Waals surface area (Å²) in [5, 5.41) is 2.77. The van der Waals surface area contributed by atoms with E-state index in [9.17, 15) is 19.2 Å². The molecule has 7 nitrogen and oxygen atoms in total. The third-order valence-electron chi connectivity index (χ3n) is 4.66. The molecule has 0 saturated carbocycles. The second-order valence-electron chi connectivity index (χ2n) is 6.40. The van der Waals surface area contributed by atoms with E-state index in [0.29, 0.717) is 24.2 Å². The third-order valence-corrected chi connectivity index (χ3v) is 5.17. The molecule has 1 aromatic carbocycles. The Morgan fingerprint density at radius 3 is 2.59 bits per heavy atom. The van der Waals surface area contributed by atoms with Gasteiger partial charge in [0.15, 0.2) is 18.2 Å². The Balaban J connectivity index is 1.65. The Kier molecular flexibility index (Phi) is 5.74. The smallest absolute Gasteiger partial charge is 0.258 e. The van der Waals surface area contributed by atoms with Crippen LogP contribution in [0.15, 0.2) is 41.6 Å². The summed E-state index contributed by atoms with van der Waals surface area (Å²) in [5.41, 5.74) is 0.535. The number of hydrogen-bond acceptors (Lipinski definition) is 5. The standard InChI is InChI=1S/C19H19BrN2O5/c1-11(23)18-13(15(24)9-20)7-8-14-17(19(26)22(14)18)21-16(25)10-27-12-5-3-2-4-6-12/h2-6,14,17H,7-10H2,1H3,(H,21,25)/t14-,17+/m1/s1. The molecule has 0 aromatic heterocycles. The van der Waals surface area contributed by atoms with Crippen LogP contribution in [0.4, 0.5) is 0 Å². The minimum Gasteiger partial charge on any atom is -0.484 e. The molecule has 1 N–H and O–H groups in total. The molecule has 0 bridgehead atoms. The number of allylic oxidation sites excluding steroid dienone is 2. The monoisotopic (exact) mass is 434 g/mol. The van der Waals surface area contributed by atoms with Gasteiger partial charge in [-0.05, 0) is 25.0 Å². The van der Waals surface area contributed by atoms with Crippen LogP contribution in [-0.2, 0) is 19.2 Å². The van der Waals surface area contributed by atoms with E-state index < -0.39 is 11.9 Å². The van der Waals surface area contributed by atoms with Gasteiger partial charge in [-0.1, -0.05) is 34.1 Å². The van der Waals surface area contributed by atoms with Crippen molar-refractivity contribution in [2.75, 3.05) is 11.9 Å². The number of nitrogens with one attached hydrogen (secondary N) is 1. The maximum absolute atomic E-state index is 12.5. The molecular formula is C19H19BrN2O5. The van der Waals surface area contributed by atoms with Crippen LogP contribution in [0.3, 0.4) is 0 Å². The molecule has 1 aromatic rings. The lowest BCUT2D eigenvalue weighted by Crippen LogP contribution is -2.72. The van der Waals surface area contributed by atoms with Gasteiger partial charge in [0.25, 0.3) is 11.8 Å². The van der Waals surface area contributed by atoms with Gasteiger partial charge in [0.05, 0.1) is 17.1 Å². The van der Waals surface area contributed by atoms with Crippen molar-refractivity contribution < 1.29 is 23.9 Å². The van der Waals surface area contributed by atoms with Gasteiger partial charge in [0.1, 0.15) is 11.8 Å². The number of Topliss-reactive ketones (excluding diaryl/α,β-unsaturated/α-hetero) is 2. The number of nitrogens with zero attached hydrogens (tertiary/aromatic N) is 1. The SMILES string of the molecule is CC(=O)C1=C(C(=O)CBr)CC[C@@H]2[C@H](NC(=O)COc3ccccc3)C(=O)N12. The predicted octanol–water partition coefficient (Wildman–Crippen LogP) is 1.36. The minimum atomic E-state index is -0.702. The molecule has 1 fully saturated rings. The number of carbonyl (C=O) groups excluding carboxylic acids is 4. The molecule has 2 aliphatic heterocycles. The van der Waals surface area contributed by atoms with Crippen molar-refractivity contribution in [3.05, 3.63) is 41.6 Å².